The van der Waals surface area contributed by atoms with Crippen molar-refractivity contribution in [2.45, 2.75) is 25.0 Å². The summed E-state index contributed by atoms with van der Waals surface area (Å²) in [6.07, 6.45) is 1.01. The molecule has 5 heteroatoms. The Bertz CT molecular complexity index is 244. The Morgan fingerprint density at radius 3 is 2.20 bits per heavy atom. The lowest BCUT2D eigenvalue weighted by Crippen LogP contribution is -2.44. The molecular weight excluding hydrogens is 198 g/mol. The van der Waals surface area contributed by atoms with Crippen molar-refractivity contribution in [3.05, 3.63) is 0 Å². The summed E-state index contributed by atoms with van der Waals surface area (Å²) in [4.78, 5) is 21.7. The topological polar surface area (TPSA) is 74.9 Å². The van der Waals surface area contributed by atoms with E-state index in [1.54, 1.807) is 7.11 Å². The van der Waals surface area contributed by atoms with Crippen LogP contribution in [-0.2, 0) is 19.1 Å². The van der Waals surface area contributed by atoms with Gasteiger partial charge in [0.1, 0.15) is 6.29 Å². The normalized spacial score (nSPS) is 36.1. The van der Waals surface area contributed by atoms with E-state index in [4.69, 9.17) is 15.2 Å². The van der Waals surface area contributed by atoms with Gasteiger partial charge >= 0.3 is 0 Å². The van der Waals surface area contributed by atoms with E-state index in [0.29, 0.717) is 19.1 Å². The minimum Gasteiger partial charge on any atom is -0.379 e. The Morgan fingerprint density at radius 1 is 1.27 bits per heavy atom. The molecular formula is C10H15NO4. The highest BCUT2D eigenvalue weighted by molar-refractivity contribution is 5.79. The number of aldehydes is 1. The van der Waals surface area contributed by atoms with E-state index in [1.165, 1.54) is 7.11 Å². The second-order valence-electron chi connectivity index (χ2n) is 3.76. The minimum atomic E-state index is -0.941. The number of methoxy groups -OCH3 is 2. The van der Waals surface area contributed by atoms with Crippen LogP contribution in [0.25, 0.3) is 0 Å². The van der Waals surface area contributed by atoms with Crippen LogP contribution < -0.4 is 5.73 Å². The lowest BCUT2D eigenvalue weighted by atomic mass is 9.76. The zero-order valence-corrected chi connectivity index (χ0v) is 8.88. The monoisotopic (exact) mass is 213 g/mol. The molecule has 0 bridgehead atoms. The van der Waals surface area contributed by atoms with Gasteiger partial charge < -0.3 is 14.3 Å². The maximum atomic E-state index is 10.9. The van der Waals surface area contributed by atoms with Gasteiger partial charge in [0.25, 0.3) is 5.91 Å². The van der Waals surface area contributed by atoms with Gasteiger partial charge in [0.2, 0.25) is 0 Å². The predicted molar refractivity (Wildman–Crippen MR) is 51.0 cm³/mol. The average molecular weight is 213 g/mol. The molecule has 1 saturated carbocycles. The molecule has 15 heavy (non-hydrogen) atoms. The largest absolute Gasteiger partial charge is 0.379 e. The van der Waals surface area contributed by atoms with Crippen molar-refractivity contribution in [3.8, 4) is 0 Å². The van der Waals surface area contributed by atoms with Crippen LogP contribution in [0.5, 0.6) is 0 Å². The molecule has 0 saturated heterocycles. The summed E-state index contributed by atoms with van der Waals surface area (Å²) >= 11 is 0. The fraction of sp³-hybridized carbons (Fsp3) is 0.800. The molecule has 1 amide bonds. The lowest BCUT2D eigenvalue weighted by molar-refractivity contribution is -0.139. The molecule has 1 fully saturated rings. The summed E-state index contributed by atoms with van der Waals surface area (Å²) < 4.78 is 10.3. The highest BCUT2D eigenvalue weighted by Gasteiger charge is 2.40. The summed E-state index contributed by atoms with van der Waals surface area (Å²) in [5, 5.41) is 0. The Morgan fingerprint density at radius 2 is 1.80 bits per heavy atom. The number of rotatable bonds is 4. The van der Waals surface area contributed by atoms with E-state index in [2.05, 4.69) is 0 Å². The summed E-state index contributed by atoms with van der Waals surface area (Å²) in [7, 11) is 3.07. The third kappa shape index (κ3) is 2.54. The number of nitrogens with zero attached hydrogens (tertiary/aromatic N) is 1. The summed E-state index contributed by atoms with van der Waals surface area (Å²) in [6, 6.07) is 0. The van der Waals surface area contributed by atoms with E-state index in [-0.39, 0.29) is 12.2 Å². The van der Waals surface area contributed by atoms with Gasteiger partial charge in [-0.1, -0.05) is 0 Å². The quantitative estimate of drug-likeness (QED) is 0.608. The molecule has 5 nitrogen and oxygen atoms in total. The predicted octanol–water partition coefficient (Wildman–Crippen LogP) is -0.163. The average Bonchev–Trinajstić information content (AvgIpc) is 2.26. The van der Waals surface area contributed by atoms with Gasteiger partial charge in [0, 0.05) is 20.1 Å². The standard InChI is InChI=1S/C10H15NO4/c1-14-8-3-6(5-12)7(10(11)13)4-9(8)15-2/h5-9H,3-4H2,1-2H3. The SMILES string of the molecule is COC1CC(C=O)C(C([N])=O)CC1OC. The number of hydrogen-bond acceptors (Lipinski definition) is 4. The maximum absolute atomic E-state index is 10.9. The van der Waals surface area contributed by atoms with E-state index in [1.807, 2.05) is 0 Å². The molecule has 0 aliphatic heterocycles. The number of hydrogen-bond donors (Lipinski definition) is 0. The van der Waals surface area contributed by atoms with Gasteiger partial charge in [-0.05, 0) is 12.8 Å². The number of amides is 1. The fourth-order valence-corrected chi connectivity index (χ4v) is 2.09. The molecule has 0 N–H and O–H groups in total. The molecule has 1 aliphatic rings. The summed E-state index contributed by atoms with van der Waals surface area (Å²) in [6.45, 7) is 0. The van der Waals surface area contributed by atoms with E-state index < -0.39 is 17.7 Å². The molecule has 0 aromatic carbocycles. The highest BCUT2D eigenvalue weighted by Crippen LogP contribution is 2.32. The van der Waals surface area contributed by atoms with Gasteiger partial charge in [-0.25, -0.2) is 0 Å². The first-order valence-electron chi connectivity index (χ1n) is 4.87. The van der Waals surface area contributed by atoms with Crippen LogP contribution in [0.1, 0.15) is 12.8 Å². The molecule has 2 radical (unpaired) electrons. The van der Waals surface area contributed by atoms with Gasteiger partial charge in [-0.3, -0.25) is 4.79 Å². The lowest BCUT2D eigenvalue weighted by Gasteiger charge is -2.35. The van der Waals surface area contributed by atoms with Gasteiger partial charge in [-0.2, -0.15) is 0 Å². The molecule has 0 aromatic rings. The van der Waals surface area contributed by atoms with Crippen LogP contribution in [0.3, 0.4) is 0 Å². The zero-order valence-electron chi connectivity index (χ0n) is 8.88. The molecule has 0 spiro atoms. The van der Waals surface area contributed by atoms with Gasteiger partial charge in [0.15, 0.2) is 0 Å². The first-order valence-corrected chi connectivity index (χ1v) is 4.87. The molecule has 1 aliphatic carbocycles. The number of carbonyl (C=O) groups is 2. The highest BCUT2D eigenvalue weighted by atomic mass is 16.5. The zero-order chi connectivity index (χ0) is 11.4. The first kappa shape index (κ1) is 12.1. The molecule has 0 aromatic heterocycles. The second-order valence-corrected chi connectivity index (χ2v) is 3.76. The van der Waals surface area contributed by atoms with Crippen LogP contribution in [0, 0.1) is 11.8 Å². The Labute approximate surface area is 88.9 Å². The molecule has 4 atom stereocenters. The Kier molecular flexibility index (Phi) is 4.23. The third-order valence-corrected chi connectivity index (χ3v) is 3.02. The van der Waals surface area contributed by atoms with Gasteiger partial charge in [-0.15, -0.1) is 5.73 Å². The molecule has 0 heterocycles. The smallest absolute Gasteiger partial charge is 0.268 e. The van der Waals surface area contributed by atoms with Crippen molar-refractivity contribution in [1.82, 2.24) is 5.73 Å². The van der Waals surface area contributed by atoms with Crippen molar-refractivity contribution in [1.29, 1.82) is 0 Å². The Balaban J connectivity index is 2.76. The van der Waals surface area contributed by atoms with Crippen LogP contribution in [0.15, 0.2) is 0 Å². The van der Waals surface area contributed by atoms with Crippen LogP contribution in [0.2, 0.25) is 0 Å². The Hall–Kier alpha value is -0.940. The van der Waals surface area contributed by atoms with Crippen molar-refractivity contribution in [2.75, 3.05) is 14.2 Å². The van der Waals surface area contributed by atoms with Gasteiger partial charge in [0.05, 0.1) is 18.1 Å². The first-order chi connectivity index (χ1) is 7.13. The number of ether oxygens (including phenoxy) is 2. The van der Waals surface area contributed by atoms with E-state index in [9.17, 15) is 9.59 Å². The summed E-state index contributed by atoms with van der Waals surface area (Å²) in [5.74, 6) is -2.07. The van der Waals surface area contributed by atoms with Crippen molar-refractivity contribution < 1.29 is 19.1 Å². The van der Waals surface area contributed by atoms with Crippen molar-refractivity contribution >= 4 is 12.2 Å². The van der Waals surface area contributed by atoms with Crippen molar-refractivity contribution in [2.24, 2.45) is 11.8 Å². The minimum absolute atomic E-state index is 0.194. The second kappa shape index (κ2) is 5.23. The fourth-order valence-electron chi connectivity index (χ4n) is 2.09. The van der Waals surface area contributed by atoms with Crippen LogP contribution in [0.4, 0.5) is 0 Å². The molecule has 1 rings (SSSR count). The van der Waals surface area contributed by atoms with Crippen LogP contribution in [-0.4, -0.2) is 38.6 Å². The van der Waals surface area contributed by atoms with E-state index in [0.717, 1.165) is 0 Å². The maximum Gasteiger partial charge on any atom is 0.268 e. The summed E-state index contributed by atoms with van der Waals surface area (Å²) in [5.41, 5.74) is 8.96. The number of carbonyl (C=O) groups excluding carboxylic acids is 2. The van der Waals surface area contributed by atoms with E-state index >= 15 is 0 Å². The van der Waals surface area contributed by atoms with Crippen molar-refractivity contribution in [3.63, 3.8) is 0 Å². The molecule has 4 unspecified atom stereocenters. The van der Waals surface area contributed by atoms with Crippen LogP contribution >= 0.6 is 0 Å². The molecule has 84 valence electrons. The third-order valence-electron chi connectivity index (χ3n) is 3.02.